The molecule has 0 amide bonds. The van der Waals surface area contributed by atoms with Gasteiger partial charge >= 0.3 is 0 Å². The van der Waals surface area contributed by atoms with Gasteiger partial charge in [0.25, 0.3) is 0 Å². The van der Waals surface area contributed by atoms with E-state index in [1.54, 1.807) is 18.2 Å². The topological polar surface area (TPSA) is 52.0 Å². The molecule has 2 N–H and O–H groups in total. The number of nitrogens with two attached hydrogens (primary N) is 1. The van der Waals surface area contributed by atoms with Crippen LogP contribution in [0.4, 0.5) is 10.3 Å². The van der Waals surface area contributed by atoms with Gasteiger partial charge in [0.05, 0.1) is 10.6 Å². The number of aryl methyl sites for hydroxylation is 1. The molecule has 0 unspecified atom stereocenters. The van der Waals surface area contributed by atoms with Crippen LogP contribution in [-0.4, -0.2) is 5.16 Å². The predicted molar refractivity (Wildman–Crippen MR) is 81.5 cm³/mol. The molecule has 0 saturated heterocycles. The molecule has 3 rings (SSSR count). The summed E-state index contributed by atoms with van der Waals surface area (Å²) in [5.74, 6) is -0.330. The summed E-state index contributed by atoms with van der Waals surface area (Å²) in [5, 5.41) is 4.46. The molecule has 0 aliphatic rings. The minimum atomic E-state index is -0.392. The fourth-order valence-corrected chi connectivity index (χ4v) is 2.55. The SMILES string of the molecule is Cc1ccc(-c2noc(N)c2-c2ccccc2F)c(Cl)c1. The third-order valence-corrected chi connectivity index (χ3v) is 3.55. The maximum atomic E-state index is 14.0. The van der Waals surface area contributed by atoms with Crippen molar-refractivity contribution in [2.75, 3.05) is 5.73 Å². The number of aromatic nitrogens is 1. The molecule has 0 bridgehead atoms. The number of benzene rings is 2. The van der Waals surface area contributed by atoms with Crippen molar-refractivity contribution in [3.8, 4) is 22.4 Å². The van der Waals surface area contributed by atoms with Gasteiger partial charge in [-0.3, -0.25) is 0 Å². The molecule has 106 valence electrons. The first-order valence-electron chi connectivity index (χ1n) is 6.34. The van der Waals surface area contributed by atoms with Crippen LogP contribution in [0.5, 0.6) is 0 Å². The van der Waals surface area contributed by atoms with E-state index in [1.165, 1.54) is 6.07 Å². The Morgan fingerprint density at radius 2 is 1.90 bits per heavy atom. The molecule has 0 spiro atoms. The summed E-state index contributed by atoms with van der Waals surface area (Å²) in [7, 11) is 0. The molecule has 0 aliphatic heterocycles. The molecule has 1 aromatic heterocycles. The van der Waals surface area contributed by atoms with Crippen molar-refractivity contribution in [1.29, 1.82) is 0 Å². The fourth-order valence-electron chi connectivity index (χ4n) is 2.22. The van der Waals surface area contributed by atoms with E-state index in [4.69, 9.17) is 21.9 Å². The number of anilines is 1. The summed E-state index contributed by atoms with van der Waals surface area (Å²) in [5.41, 5.74) is 8.68. The lowest BCUT2D eigenvalue weighted by molar-refractivity contribution is 0.439. The summed E-state index contributed by atoms with van der Waals surface area (Å²) >= 11 is 6.26. The van der Waals surface area contributed by atoms with Gasteiger partial charge in [0.15, 0.2) is 0 Å². The largest absolute Gasteiger partial charge is 0.367 e. The third kappa shape index (κ3) is 2.38. The Morgan fingerprint density at radius 3 is 2.62 bits per heavy atom. The third-order valence-electron chi connectivity index (χ3n) is 3.24. The Balaban J connectivity index is 2.25. The van der Waals surface area contributed by atoms with Crippen LogP contribution in [0.15, 0.2) is 47.0 Å². The van der Waals surface area contributed by atoms with Crippen molar-refractivity contribution in [2.45, 2.75) is 6.92 Å². The molecule has 3 nitrogen and oxygen atoms in total. The smallest absolute Gasteiger partial charge is 0.230 e. The van der Waals surface area contributed by atoms with Crippen molar-refractivity contribution < 1.29 is 8.91 Å². The lowest BCUT2D eigenvalue weighted by atomic mass is 10.00. The van der Waals surface area contributed by atoms with E-state index in [-0.39, 0.29) is 5.88 Å². The molecule has 2 aromatic carbocycles. The number of nitrogen functional groups attached to an aromatic ring is 1. The Bertz CT molecular complexity index is 814. The van der Waals surface area contributed by atoms with Gasteiger partial charge in [0.2, 0.25) is 5.88 Å². The first kappa shape index (κ1) is 13.6. The molecule has 5 heteroatoms. The Hall–Kier alpha value is -2.33. The van der Waals surface area contributed by atoms with Crippen LogP contribution in [0.25, 0.3) is 22.4 Å². The highest BCUT2D eigenvalue weighted by molar-refractivity contribution is 6.33. The molecule has 3 aromatic rings. The van der Waals surface area contributed by atoms with Gasteiger partial charge in [-0.1, -0.05) is 47.1 Å². The van der Waals surface area contributed by atoms with Gasteiger partial charge in [-0.05, 0) is 24.6 Å². The van der Waals surface area contributed by atoms with Gasteiger partial charge in [-0.15, -0.1) is 0 Å². The summed E-state index contributed by atoms with van der Waals surface area (Å²) in [4.78, 5) is 0. The van der Waals surface area contributed by atoms with Gasteiger partial charge in [0, 0.05) is 11.1 Å². The summed E-state index contributed by atoms with van der Waals surface area (Å²) in [6.07, 6.45) is 0. The second-order valence-corrected chi connectivity index (χ2v) is 5.14. The Morgan fingerprint density at radius 1 is 1.14 bits per heavy atom. The van der Waals surface area contributed by atoms with Gasteiger partial charge in [-0.25, -0.2) is 4.39 Å². The average Bonchev–Trinajstić information content (AvgIpc) is 2.81. The van der Waals surface area contributed by atoms with Crippen LogP contribution in [0, 0.1) is 12.7 Å². The lowest BCUT2D eigenvalue weighted by Crippen LogP contribution is -1.91. The molecule has 0 saturated carbocycles. The molecule has 0 fully saturated rings. The molecule has 0 atom stereocenters. The van der Waals surface area contributed by atoms with Gasteiger partial charge in [0.1, 0.15) is 11.5 Å². The highest BCUT2D eigenvalue weighted by Gasteiger charge is 2.21. The quantitative estimate of drug-likeness (QED) is 0.747. The minimum Gasteiger partial charge on any atom is -0.367 e. The van der Waals surface area contributed by atoms with Crippen LogP contribution in [0.1, 0.15) is 5.56 Å². The van der Waals surface area contributed by atoms with Crippen LogP contribution in [0.3, 0.4) is 0 Å². The van der Waals surface area contributed by atoms with E-state index in [9.17, 15) is 4.39 Å². The lowest BCUT2D eigenvalue weighted by Gasteiger charge is -2.06. The average molecular weight is 303 g/mol. The predicted octanol–water partition coefficient (Wildman–Crippen LogP) is 4.69. The Kier molecular flexibility index (Phi) is 3.39. The summed E-state index contributed by atoms with van der Waals surface area (Å²) in [6.45, 7) is 1.94. The van der Waals surface area contributed by atoms with E-state index in [1.807, 2.05) is 25.1 Å². The maximum Gasteiger partial charge on any atom is 0.230 e. The summed E-state index contributed by atoms with van der Waals surface area (Å²) in [6, 6.07) is 11.9. The molecular weight excluding hydrogens is 291 g/mol. The van der Waals surface area contributed by atoms with Crippen molar-refractivity contribution in [3.05, 3.63) is 58.9 Å². The zero-order valence-electron chi connectivity index (χ0n) is 11.2. The number of rotatable bonds is 2. The first-order valence-corrected chi connectivity index (χ1v) is 6.72. The monoisotopic (exact) mass is 302 g/mol. The first-order chi connectivity index (χ1) is 10.1. The number of nitrogens with zero attached hydrogens (tertiary/aromatic N) is 1. The summed E-state index contributed by atoms with van der Waals surface area (Å²) < 4.78 is 19.1. The second kappa shape index (κ2) is 5.22. The van der Waals surface area contributed by atoms with Gasteiger partial charge in [-0.2, -0.15) is 0 Å². The van der Waals surface area contributed by atoms with Crippen molar-refractivity contribution in [3.63, 3.8) is 0 Å². The van der Waals surface area contributed by atoms with E-state index < -0.39 is 5.82 Å². The highest BCUT2D eigenvalue weighted by atomic mass is 35.5. The molecule has 21 heavy (non-hydrogen) atoms. The standard InChI is InChI=1S/C16H12ClFN2O/c1-9-6-7-10(12(17)8-9)15-14(16(19)21-20-15)11-4-2-3-5-13(11)18/h2-8H,19H2,1H3. The molecule has 0 aliphatic carbocycles. The van der Waals surface area contributed by atoms with Crippen LogP contribution >= 0.6 is 11.6 Å². The second-order valence-electron chi connectivity index (χ2n) is 4.73. The zero-order chi connectivity index (χ0) is 15.0. The fraction of sp³-hybridized carbons (Fsp3) is 0.0625. The van der Waals surface area contributed by atoms with E-state index in [0.717, 1.165) is 5.56 Å². The maximum absolute atomic E-state index is 14.0. The van der Waals surface area contributed by atoms with E-state index >= 15 is 0 Å². The van der Waals surface area contributed by atoms with Crippen molar-refractivity contribution in [1.82, 2.24) is 5.16 Å². The minimum absolute atomic E-state index is 0.0618. The Labute approximate surface area is 126 Å². The molecule has 1 heterocycles. The number of hydrogen-bond donors (Lipinski definition) is 1. The van der Waals surface area contributed by atoms with Crippen molar-refractivity contribution in [2.24, 2.45) is 0 Å². The van der Waals surface area contributed by atoms with E-state index in [0.29, 0.717) is 27.4 Å². The normalized spacial score (nSPS) is 10.8. The van der Waals surface area contributed by atoms with E-state index in [2.05, 4.69) is 5.16 Å². The van der Waals surface area contributed by atoms with Crippen molar-refractivity contribution >= 4 is 17.5 Å². The zero-order valence-corrected chi connectivity index (χ0v) is 12.0. The molecular formula is C16H12ClFN2O. The number of halogens is 2. The van der Waals surface area contributed by atoms with Crippen LogP contribution < -0.4 is 5.73 Å². The molecule has 0 radical (unpaired) electrons. The highest BCUT2D eigenvalue weighted by Crippen LogP contribution is 2.39. The number of hydrogen-bond acceptors (Lipinski definition) is 3. The van der Waals surface area contributed by atoms with Crippen LogP contribution in [-0.2, 0) is 0 Å². The van der Waals surface area contributed by atoms with Crippen LogP contribution in [0.2, 0.25) is 5.02 Å². The van der Waals surface area contributed by atoms with Gasteiger partial charge < -0.3 is 10.3 Å².